The van der Waals surface area contributed by atoms with E-state index in [0.717, 1.165) is 16.6 Å². The summed E-state index contributed by atoms with van der Waals surface area (Å²) >= 11 is 3.31. The number of halogens is 1. The summed E-state index contributed by atoms with van der Waals surface area (Å²) in [7, 11) is 1.64. The molecule has 0 aliphatic rings. The Labute approximate surface area is 102 Å². The van der Waals surface area contributed by atoms with Gasteiger partial charge in [-0.05, 0) is 11.6 Å². The zero-order valence-corrected chi connectivity index (χ0v) is 10.5. The molecule has 0 unspecified atom stereocenters. The number of nitro groups is 1. The summed E-state index contributed by atoms with van der Waals surface area (Å²) in [6, 6.07) is 4.74. The van der Waals surface area contributed by atoms with Crippen molar-refractivity contribution in [3.8, 4) is 0 Å². The SMILES string of the molecule is COCCNCc1ccc([N+](=O)[O-])cc1Br. The fourth-order valence-corrected chi connectivity index (χ4v) is 1.70. The van der Waals surface area contributed by atoms with E-state index in [1.54, 1.807) is 13.2 Å². The molecule has 0 spiro atoms. The van der Waals surface area contributed by atoms with Crippen LogP contribution in [0.25, 0.3) is 0 Å². The van der Waals surface area contributed by atoms with E-state index in [0.29, 0.717) is 13.2 Å². The lowest BCUT2D eigenvalue weighted by Gasteiger charge is -2.06. The predicted octanol–water partition coefficient (Wildman–Crippen LogP) is 2.09. The van der Waals surface area contributed by atoms with Crippen molar-refractivity contribution in [1.29, 1.82) is 0 Å². The Morgan fingerprint density at radius 2 is 2.31 bits per heavy atom. The van der Waals surface area contributed by atoms with E-state index in [2.05, 4.69) is 21.2 Å². The number of non-ortho nitro benzene ring substituents is 1. The highest BCUT2D eigenvalue weighted by molar-refractivity contribution is 9.10. The van der Waals surface area contributed by atoms with Gasteiger partial charge in [-0.15, -0.1) is 0 Å². The second kappa shape index (κ2) is 6.57. The van der Waals surface area contributed by atoms with Gasteiger partial charge in [-0.1, -0.05) is 15.9 Å². The van der Waals surface area contributed by atoms with E-state index in [9.17, 15) is 10.1 Å². The first kappa shape index (κ1) is 13.1. The Balaban J connectivity index is 2.57. The molecule has 6 heteroatoms. The third-order valence-electron chi connectivity index (χ3n) is 2.05. The molecular weight excluding hydrogens is 276 g/mol. The van der Waals surface area contributed by atoms with Crippen LogP contribution in [0.3, 0.4) is 0 Å². The minimum atomic E-state index is -0.410. The van der Waals surface area contributed by atoms with Crippen molar-refractivity contribution >= 4 is 21.6 Å². The lowest BCUT2D eigenvalue weighted by atomic mass is 10.2. The highest BCUT2D eigenvalue weighted by atomic mass is 79.9. The molecule has 16 heavy (non-hydrogen) atoms. The van der Waals surface area contributed by atoms with Crippen molar-refractivity contribution in [1.82, 2.24) is 5.32 Å². The van der Waals surface area contributed by atoms with Crippen molar-refractivity contribution < 1.29 is 9.66 Å². The Bertz CT molecular complexity index is 371. The van der Waals surface area contributed by atoms with Gasteiger partial charge >= 0.3 is 0 Å². The molecule has 0 aromatic heterocycles. The number of rotatable bonds is 6. The third-order valence-corrected chi connectivity index (χ3v) is 2.78. The summed E-state index contributed by atoms with van der Waals surface area (Å²) in [5, 5.41) is 13.7. The Kier molecular flexibility index (Phi) is 5.37. The molecule has 5 nitrogen and oxygen atoms in total. The Hall–Kier alpha value is -0.980. The predicted molar refractivity (Wildman–Crippen MR) is 64.4 cm³/mol. The van der Waals surface area contributed by atoms with Crippen molar-refractivity contribution in [2.45, 2.75) is 6.54 Å². The highest BCUT2D eigenvalue weighted by Crippen LogP contribution is 2.22. The maximum absolute atomic E-state index is 10.5. The molecule has 1 aromatic rings. The molecule has 0 aliphatic heterocycles. The molecule has 1 N–H and O–H groups in total. The van der Waals surface area contributed by atoms with Crippen molar-refractivity contribution in [3.05, 3.63) is 38.3 Å². The maximum atomic E-state index is 10.5. The molecule has 0 atom stereocenters. The molecule has 0 saturated heterocycles. The molecule has 88 valence electrons. The van der Waals surface area contributed by atoms with Crippen LogP contribution in [0.5, 0.6) is 0 Å². The zero-order valence-electron chi connectivity index (χ0n) is 8.90. The summed E-state index contributed by atoms with van der Waals surface area (Å²) < 4.78 is 5.64. The van der Waals surface area contributed by atoms with Crippen LogP contribution in [0.4, 0.5) is 5.69 Å². The number of methoxy groups -OCH3 is 1. The molecule has 0 aliphatic carbocycles. The first-order valence-corrected chi connectivity index (χ1v) is 5.57. The van der Waals surface area contributed by atoms with Gasteiger partial charge in [0.05, 0.1) is 11.5 Å². The fraction of sp³-hybridized carbons (Fsp3) is 0.400. The first-order valence-electron chi connectivity index (χ1n) is 4.77. The lowest BCUT2D eigenvalue weighted by molar-refractivity contribution is -0.384. The normalized spacial score (nSPS) is 10.4. The molecule has 0 fully saturated rings. The van der Waals surface area contributed by atoms with Crippen LogP contribution in [0.15, 0.2) is 22.7 Å². The summed E-state index contributed by atoms with van der Waals surface area (Å²) in [5.41, 5.74) is 1.08. The molecule has 0 saturated carbocycles. The first-order chi connectivity index (χ1) is 7.65. The standard InChI is InChI=1S/C10H13BrN2O3/c1-16-5-4-12-7-8-2-3-9(13(14)15)6-10(8)11/h2-3,6,12H,4-5,7H2,1H3. The van der Waals surface area contributed by atoms with Crippen LogP contribution < -0.4 is 5.32 Å². The van der Waals surface area contributed by atoms with Gasteiger partial charge in [0, 0.05) is 36.8 Å². The second-order valence-corrected chi connectivity index (χ2v) is 4.06. The number of nitrogens with zero attached hydrogens (tertiary/aromatic N) is 1. The van der Waals surface area contributed by atoms with Gasteiger partial charge in [-0.3, -0.25) is 10.1 Å². The number of nitrogens with one attached hydrogen (secondary N) is 1. The largest absolute Gasteiger partial charge is 0.383 e. The van der Waals surface area contributed by atoms with E-state index >= 15 is 0 Å². The van der Waals surface area contributed by atoms with Crippen molar-refractivity contribution in [2.24, 2.45) is 0 Å². The van der Waals surface area contributed by atoms with E-state index in [1.807, 2.05) is 0 Å². The molecule has 1 rings (SSSR count). The smallest absolute Gasteiger partial charge is 0.270 e. The maximum Gasteiger partial charge on any atom is 0.270 e. The molecule has 0 heterocycles. The topological polar surface area (TPSA) is 64.4 Å². The fourth-order valence-electron chi connectivity index (χ4n) is 1.19. The van der Waals surface area contributed by atoms with Gasteiger partial charge < -0.3 is 10.1 Å². The average molecular weight is 289 g/mol. The summed E-state index contributed by atoms with van der Waals surface area (Å²) in [5.74, 6) is 0. The van der Waals surface area contributed by atoms with E-state index in [4.69, 9.17) is 4.74 Å². The third kappa shape index (κ3) is 3.88. The van der Waals surface area contributed by atoms with Crippen LogP contribution in [0.2, 0.25) is 0 Å². The van der Waals surface area contributed by atoms with Gasteiger partial charge in [0.15, 0.2) is 0 Å². The van der Waals surface area contributed by atoms with Gasteiger partial charge in [-0.25, -0.2) is 0 Å². The Morgan fingerprint density at radius 1 is 1.56 bits per heavy atom. The Morgan fingerprint density at radius 3 is 2.88 bits per heavy atom. The number of hydrogen-bond donors (Lipinski definition) is 1. The minimum absolute atomic E-state index is 0.0903. The average Bonchev–Trinajstić information content (AvgIpc) is 2.26. The monoisotopic (exact) mass is 288 g/mol. The van der Waals surface area contributed by atoms with Crippen LogP contribution in [0.1, 0.15) is 5.56 Å². The summed E-state index contributed by atoms with van der Waals surface area (Å²) in [4.78, 5) is 10.1. The van der Waals surface area contributed by atoms with Crippen LogP contribution in [-0.2, 0) is 11.3 Å². The van der Waals surface area contributed by atoms with Crippen molar-refractivity contribution in [2.75, 3.05) is 20.3 Å². The zero-order chi connectivity index (χ0) is 12.0. The lowest BCUT2D eigenvalue weighted by Crippen LogP contribution is -2.18. The summed E-state index contributed by atoms with van der Waals surface area (Å²) in [6.07, 6.45) is 0. The number of hydrogen-bond acceptors (Lipinski definition) is 4. The highest BCUT2D eigenvalue weighted by Gasteiger charge is 2.08. The molecule has 1 aromatic carbocycles. The number of nitro benzene ring substituents is 1. The van der Waals surface area contributed by atoms with Gasteiger partial charge in [-0.2, -0.15) is 0 Å². The van der Waals surface area contributed by atoms with Gasteiger partial charge in [0.2, 0.25) is 0 Å². The molecule has 0 bridgehead atoms. The molecular formula is C10H13BrN2O3. The quantitative estimate of drug-likeness (QED) is 0.495. The second-order valence-electron chi connectivity index (χ2n) is 3.20. The summed E-state index contributed by atoms with van der Waals surface area (Å²) in [6.45, 7) is 2.05. The van der Waals surface area contributed by atoms with Crippen LogP contribution in [0, 0.1) is 10.1 Å². The van der Waals surface area contributed by atoms with Crippen LogP contribution >= 0.6 is 15.9 Å². The van der Waals surface area contributed by atoms with E-state index in [-0.39, 0.29) is 5.69 Å². The molecule has 0 radical (unpaired) electrons. The van der Waals surface area contributed by atoms with E-state index < -0.39 is 4.92 Å². The van der Waals surface area contributed by atoms with Gasteiger partial charge in [0.1, 0.15) is 0 Å². The number of benzene rings is 1. The molecule has 0 amide bonds. The minimum Gasteiger partial charge on any atom is -0.383 e. The van der Waals surface area contributed by atoms with Crippen molar-refractivity contribution in [3.63, 3.8) is 0 Å². The number of ether oxygens (including phenoxy) is 1. The van der Waals surface area contributed by atoms with Gasteiger partial charge in [0.25, 0.3) is 5.69 Å². The van der Waals surface area contributed by atoms with E-state index in [1.165, 1.54) is 12.1 Å². The van der Waals surface area contributed by atoms with Crippen LogP contribution in [-0.4, -0.2) is 25.2 Å².